The number of phenolic OH excluding ortho intramolecular Hbond substituents is 1. The van der Waals surface area contributed by atoms with Gasteiger partial charge in [0.1, 0.15) is 23.7 Å². The van der Waals surface area contributed by atoms with Crippen LogP contribution in [-0.4, -0.2) is 127 Å². The lowest BCUT2D eigenvalue weighted by Gasteiger charge is -2.42. The van der Waals surface area contributed by atoms with Crippen LogP contribution in [0.15, 0.2) is 91.3 Å². The van der Waals surface area contributed by atoms with Crippen LogP contribution in [0.3, 0.4) is 0 Å². The molecule has 17 nitrogen and oxygen atoms in total. The fraction of sp³-hybridized carbons (Fsp3) is 0.473. The zero-order valence-electron chi connectivity index (χ0n) is 41.7. The molecule has 5 aromatic rings. The van der Waals surface area contributed by atoms with Gasteiger partial charge in [0.2, 0.25) is 17.8 Å². The molecule has 4 aliphatic heterocycles. The van der Waals surface area contributed by atoms with Gasteiger partial charge in [0, 0.05) is 73.6 Å². The number of β-amino-alcohol motifs (C(OH)–C–C–N with tert-alkyl or cyclic N) is 1. The fourth-order valence-corrected chi connectivity index (χ4v) is 11.8. The number of fused-ring (bicyclic) bond motifs is 2. The Morgan fingerprint density at radius 1 is 0.795 bits per heavy atom. The maximum atomic E-state index is 14.3. The molecule has 5 atom stereocenters. The third-order valence-corrected chi connectivity index (χ3v) is 15.9. The Bertz CT molecular complexity index is 2770. The number of piperazine rings is 1. The average molecular weight is 996 g/mol. The Kier molecular flexibility index (Phi) is 14.2. The topological polar surface area (TPSA) is 215 Å². The zero-order valence-corrected chi connectivity index (χ0v) is 41.7. The number of halogens is 1. The number of phenols is 1. The van der Waals surface area contributed by atoms with Crippen molar-refractivity contribution in [2.24, 2.45) is 11.3 Å². The molecule has 0 spiro atoms. The first kappa shape index (κ1) is 49.6. The molecule has 6 N–H and O–H groups in total. The monoisotopic (exact) mass is 996 g/mol. The standard InChI is InChI=1S/C55H66FN11O6/c1-55(2,3)49(53(72)66-32-40(68)26-47(66)52(71)63-73-41-20-14-34(15-21-41)42-8-4-6-10-44(42)56)60-51(70)35-12-16-37(17-13-35)64-24-22-33(23-25-64)36-28-58-54(59-29-36)67-38-18-19-39(67)31-65(30-38)46-27-45(61-62-50(46)57)43-9-5-7-11-48(43)69/h4-11,14-15,20-21,27-29,33,35,37-40,47,49,68-69H,12-13,16-19,22-26,30-32H2,1-3H3,(H2,57,62)(H,60,70)(H,63,71)/t35-,37+,38?,39?,40-,47+,49-/m1/s1. The molecular formula is C55H66FN11O6. The van der Waals surface area contributed by atoms with Crippen LogP contribution in [0.25, 0.3) is 22.4 Å². The summed E-state index contributed by atoms with van der Waals surface area (Å²) in [5, 5.41) is 32.7. The van der Waals surface area contributed by atoms with Crippen molar-refractivity contribution < 1.29 is 33.8 Å². The first-order valence-electron chi connectivity index (χ1n) is 25.8. The van der Waals surface area contributed by atoms with Crippen molar-refractivity contribution in [3.63, 3.8) is 0 Å². The second-order valence-electron chi connectivity index (χ2n) is 21.6. The number of piperidine rings is 1. The molecule has 2 unspecified atom stereocenters. The SMILES string of the molecule is CC(C)(C)[C@H](NC(=O)[C@H]1CC[C@@H](N2CCC(c3cnc(N4C5CCC4CN(c4cc(-c6ccccc6O)nnc4N)C5)nc3)CC2)CC1)C(=O)N1C[C@H](O)C[C@H]1C(=O)NOc1ccc(-c2ccccc2F)cc1. The van der Waals surface area contributed by atoms with Crippen molar-refractivity contribution in [3.8, 4) is 33.9 Å². The number of hydroxylamine groups is 1. The summed E-state index contributed by atoms with van der Waals surface area (Å²) < 4.78 is 14.3. The average Bonchev–Trinajstić information content (AvgIpc) is 3.92. The lowest BCUT2D eigenvalue weighted by Crippen LogP contribution is -2.58. The van der Waals surface area contributed by atoms with E-state index in [1.54, 1.807) is 54.6 Å². The van der Waals surface area contributed by atoms with Gasteiger partial charge in [-0.1, -0.05) is 63.2 Å². The number of amides is 3. The maximum Gasteiger partial charge on any atom is 0.275 e. The number of likely N-dealkylation sites (tertiary alicyclic amines) is 2. The molecule has 3 aromatic carbocycles. The molecule has 2 aromatic heterocycles. The number of aliphatic hydroxyl groups is 1. The number of para-hydroxylation sites is 1. The molecule has 5 aliphatic rings. The van der Waals surface area contributed by atoms with Gasteiger partial charge >= 0.3 is 0 Å². The van der Waals surface area contributed by atoms with E-state index < -0.39 is 35.4 Å². The predicted octanol–water partition coefficient (Wildman–Crippen LogP) is 6.23. The van der Waals surface area contributed by atoms with Crippen LogP contribution in [0.5, 0.6) is 11.5 Å². The van der Waals surface area contributed by atoms with Gasteiger partial charge in [-0.3, -0.25) is 14.4 Å². The van der Waals surface area contributed by atoms with Crippen LogP contribution >= 0.6 is 0 Å². The zero-order chi connectivity index (χ0) is 51.0. The van der Waals surface area contributed by atoms with Crippen molar-refractivity contribution in [1.29, 1.82) is 0 Å². The minimum Gasteiger partial charge on any atom is -0.507 e. The lowest BCUT2D eigenvalue weighted by molar-refractivity contribution is -0.146. The molecule has 5 fully saturated rings. The Balaban J connectivity index is 0.685. The number of hydrogen-bond acceptors (Lipinski definition) is 14. The number of carbonyl (C=O) groups is 3. The summed E-state index contributed by atoms with van der Waals surface area (Å²) in [5.41, 5.74) is 12.4. The summed E-state index contributed by atoms with van der Waals surface area (Å²) in [6.07, 6.45) is 10.4. The van der Waals surface area contributed by atoms with Crippen LogP contribution in [0, 0.1) is 17.2 Å². The molecule has 6 heterocycles. The molecular weight excluding hydrogens is 930 g/mol. The lowest BCUT2D eigenvalue weighted by atomic mass is 9.81. The summed E-state index contributed by atoms with van der Waals surface area (Å²) >= 11 is 0. The molecule has 0 radical (unpaired) electrons. The molecule has 384 valence electrons. The number of rotatable bonds is 12. The van der Waals surface area contributed by atoms with E-state index >= 15 is 0 Å². The molecule has 18 heteroatoms. The van der Waals surface area contributed by atoms with Crippen LogP contribution < -0.4 is 31.2 Å². The predicted molar refractivity (Wildman–Crippen MR) is 274 cm³/mol. The molecule has 1 aliphatic carbocycles. The number of nitrogen functional groups attached to an aromatic ring is 1. The van der Waals surface area contributed by atoms with Crippen molar-refractivity contribution in [1.82, 2.24) is 40.8 Å². The van der Waals surface area contributed by atoms with Gasteiger partial charge in [-0.25, -0.2) is 14.4 Å². The van der Waals surface area contributed by atoms with Gasteiger partial charge in [0.15, 0.2) is 11.6 Å². The van der Waals surface area contributed by atoms with Gasteiger partial charge < -0.3 is 45.7 Å². The first-order valence-corrected chi connectivity index (χ1v) is 25.8. The highest BCUT2D eigenvalue weighted by atomic mass is 19.1. The maximum absolute atomic E-state index is 14.3. The number of nitrogens with zero attached hydrogens (tertiary/aromatic N) is 8. The van der Waals surface area contributed by atoms with Crippen molar-refractivity contribution >= 4 is 35.2 Å². The molecule has 10 rings (SSSR count). The third kappa shape index (κ3) is 10.6. The smallest absolute Gasteiger partial charge is 0.275 e. The van der Waals surface area contributed by atoms with Gasteiger partial charge in [-0.05, 0) is 123 Å². The van der Waals surface area contributed by atoms with Crippen molar-refractivity contribution in [2.75, 3.05) is 48.3 Å². The number of aromatic nitrogens is 4. The second kappa shape index (κ2) is 20.9. The molecule has 2 bridgehead atoms. The minimum absolute atomic E-state index is 0.0218. The van der Waals surface area contributed by atoms with Crippen LogP contribution in [0.4, 0.5) is 21.8 Å². The number of nitrogens with two attached hydrogens (primary N) is 1. The molecule has 4 saturated heterocycles. The third-order valence-electron chi connectivity index (χ3n) is 15.9. The summed E-state index contributed by atoms with van der Waals surface area (Å²) in [7, 11) is 0. The number of aliphatic hydroxyl groups excluding tert-OH is 1. The van der Waals surface area contributed by atoms with E-state index in [0.29, 0.717) is 58.8 Å². The van der Waals surface area contributed by atoms with Crippen LogP contribution in [0.1, 0.15) is 90.0 Å². The van der Waals surface area contributed by atoms with Gasteiger partial charge in [-0.15, -0.1) is 10.2 Å². The van der Waals surface area contributed by atoms with E-state index in [4.69, 9.17) is 20.5 Å². The molecule has 73 heavy (non-hydrogen) atoms. The van der Waals surface area contributed by atoms with Crippen molar-refractivity contribution in [2.45, 2.75) is 121 Å². The van der Waals surface area contributed by atoms with E-state index in [1.807, 2.05) is 51.4 Å². The number of anilines is 3. The normalized spacial score (nSPS) is 24.0. The van der Waals surface area contributed by atoms with Crippen molar-refractivity contribution in [3.05, 3.63) is 103 Å². The Morgan fingerprint density at radius 3 is 2.10 bits per heavy atom. The highest BCUT2D eigenvalue weighted by Crippen LogP contribution is 2.40. The number of aromatic hydroxyl groups is 1. The Labute approximate surface area is 425 Å². The first-order chi connectivity index (χ1) is 35.2. The van der Waals surface area contributed by atoms with E-state index in [9.17, 15) is 29.0 Å². The number of carbonyl (C=O) groups excluding carboxylic acids is 3. The van der Waals surface area contributed by atoms with Gasteiger partial charge in [-0.2, -0.15) is 5.48 Å². The quantitative estimate of drug-likeness (QED) is 0.0878. The van der Waals surface area contributed by atoms with Gasteiger partial charge in [0.05, 0.1) is 17.5 Å². The van der Waals surface area contributed by atoms with E-state index in [-0.39, 0.29) is 48.4 Å². The van der Waals surface area contributed by atoms with E-state index in [0.717, 1.165) is 76.3 Å². The second-order valence-corrected chi connectivity index (χ2v) is 21.6. The summed E-state index contributed by atoms with van der Waals surface area (Å²) in [6, 6.07) is 20.9. The number of benzene rings is 3. The Morgan fingerprint density at radius 2 is 1.44 bits per heavy atom. The van der Waals surface area contributed by atoms with Crippen LogP contribution in [-0.2, 0) is 14.4 Å². The van der Waals surface area contributed by atoms with E-state index in [1.165, 1.54) is 16.5 Å². The van der Waals surface area contributed by atoms with E-state index in [2.05, 4.69) is 35.7 Å². The summed E-state index contributed by atoms with van der Waals surface area (Å²) in [6.45, 7) is 9.03. The molecule has 1 saturated carbocycles. The fourth-order valence-electron chi connectivity index (χ4n) is 11.8. The number of nitrogens with one attached hydrogen (secondary N) is 2. The van der Waals surface area contributed by atoms with Gasteiger partial charge in [0.25, 0.3) is 5.91 Å². The van der Waals surface area contributed by atoms with Crippen LogP contribution in [0.2, 0.25) is 0 Å². The number of hydrogen-bond donors (Lipinski definition) is 5. The minimum atomic E-state index is -1.01. The Hall–Kier alpha value is -6.92. The highest BCUT2D eigenvalue weighted by molar-refractivity contribution is 5.93. The summed E-state index contributed by atoms with van der Waals surface area (Å²) in [4.78, 5) is 65.8. The summed E-state index contributed by atoms with van der Waals surface area (Å²) in [5.74, 6) is 0.174. The molecule has 3 amide bonds. The highest BCUT2D eigenvalue weighted by Gasteiger charge is 2.46. The largest absolute Gasteiger partial charge is 0.507 e.